The standard InChI is InChI=1S/C27H34N6O4.C26H32N6O4.C26H32N6O3.C25H28N4O4/c1-27(16-35-17-27)18-36-22-14-30-26(31-15-22)32-19-2-4-21(5-3-19)37-24-13-20(33-8-10-34-11-9-33)12-23-25(24)29-7-6-28-23;1-3-20(4-2-18(1)31-26-29-15-22(16-30-26)35-21-5-10-34-17-21)36-24-14-19(32-8-11-33-12-9-32)13-23-25(24)28-7-6-27-23;1-2-33-12-7-19-17-29-26(30-18-19)31-20-3-5-22(6-4-20)35-24-16-21(32-10-13-34-14-11-32)15-23-25(24)28-9-8-27-23;30-25(33-20-4-2-1-3-5-20)28-18-6-8-21(9-7-18)32-23-17-19(29-12-14-31-15-13-29)16-22-24(23)27-11-10-26-22/h6-7,12-15,19,21H,2-5,8-11,16-18H2,1H3,(H,30,31,32);6-7,13-16,18,20-21H,1-5,8-12,17H2,(H,29,30,31);7-9,12,15-18,20,22H,2-6,10-11,13-14H2,1H3,(H,29,30,31);1-5,10-11,16-18,21H,6-9,12-15H2,(H,28,30)/b;;12-7+;/t;18?,20?,21-;;/m.1../s1. The SMILES string of the molecule is CC1(COc2cnc(NC3CCC(Oc4cc(N5CCOCC5)cc5nccnc45)CC3)nc2)COC1.CCO/C=C/c1cnc(NC2CCC(Oc3cc(N4CCOCC4)cc4nccnc34)CC2)nc1.O=C(NC1CCC(Oc2cc(N3CCOCC3)cc3nccnc23)CC1)Oc1ccccc1.c1cnc2c(OC3CCC(Nc4ncc(O[C@@H]5CCOC5)cn4)CC3)cc(N3CCOCC3)cc2n1. The maximum atomic E-state index is 12.2. The van der Waals surface area contributed by atoms with Gasteiger partial charge in [0.1, 0.15) is 56.9 Å². The van der Waals surface area contributed by atoms with Crippen molar-refractivity contribution < 1.29 is 71.1 Å². The quantitative estimate of drug-likeness (QED) is 0.0331. The van der Waals surface area contributed by atoms with Gasteiger partial charge in [-0.1, -0.05) is 25.1 Å². The first-order valence-corrected chi connectivity index (χ1v) is 50.0. The first-order chi connectivity index (χ1) is 69.5. The fraction of sp³-hybridized carbons (Fsp3) is 0.490. The molecule has 1 atom stereocenters. The van der Waals surface area contributed by atoms with Crippen molar-refractivity contribution in [2.24, 2.45) is 5.41 Å². The first kappa shape index (κ1) is 96.5. The minimum atomic E-state index is -0.412. The predicted octanol–water partition coefficient (Wildman–Crippen LogP) is 14.7. The maximum absolute atomic E-state index is 12.2. The molecule has 10 aliphatic rings. The molecule has 4 N–H and O–H groups in total. The second-order valence-corrected chi connectivity index (χ2v) is 37.3. The van der Waals surface area contributed by atoms with Crippen LogP contribution in [0.1, 0.15) is 129 Å². The molecule has 1 amide bonds. The van der Waals surface area contributed by atoms with E-state index in [1.807, 2.05) is 31.2 Å². The molecule has 141 heavy (non-hydrogen) atoms. The molecule has 22 rings (SSSR count). The van der Waals surface area contributed by atoms with Crippen molar-refractivity contribution in [1.29, 1.82) is 0 Å². The van der Waals surface area contributed by atoms with Gasteiger partial charge in [-0.05, 0) is 152 Å². The van der Waals surface area contributed by atoms with E-state index in [1.54, 1.807) is 105 Å². The number of morpholine rings is 4. The zero-order valence-electron chi connectivity index (χ0n) is 80.2. The summed E-state index contributed by atoms with van der Waals surface area (Å²) in [6.07, 6.45) is 43.9. The third kappa shape index (κ3) is 26.9. The summed E-state index contributed by atoms with van der Waals surface area (Å²) < 4.78 is 81.0. The Labute approximate surface area is 820 Å². The van der Waals surface area contributed by atoms with Crippen LogP contribution in [0.2, 0.25) is 0 Å². The normalized spacial score (nSPS) is 22.4. The molecule has 0 spiro atoms. The fourth-order valence-electron chi connectivity index (χ4n) is 19.1. The molecule has 7 aromatic heterocycles. The van der Waals surface area contributed by atoms with Crippen LogP contribution in [-0.4, -0.2) is 275 Å². The Kier molecular flexibility index (Phi) is 33.0. The number of amides is 1. The Hall–Kier alpha value is -13.3. The lowest BCUT2D eigenvalue weighted by Gasteiger charge is -2.37. The van der Waals surface area contributed by atoms with E-state index in [2.05, 4.69) is 166 Å². The number of rotatable bonds is 28. The first-order valence-electron chi connectivity index (χ1n) is 50.0. The number of benzene rings is 5. The highest BCUT2D eigenvalue weighted by Gasteiger charge is 2.36. The van der Waals surface area contributed by atoms with E-state index in [1.165, 1.54) is 0 Å². The molecule has 0 radical (unpaired) electrons. The summed E-state index contributed by atoms with van der Waals surface area (Å²) in [5.74, 6) is 7.03. The van der Waals surface area contributed by atoms with Crippen molar-refractivity contribution in [2.45, 2.75) is 178 Å². The fourth-order valence-corrected chi connectivity index (χ4v) is 19.1. The van der Waals surface area contributed by atoms with Gasteiger partial charge < -0.3 is 107 Å². The number of para-hydroxylation sites is 1. The largest absolute Gasteiger partial charge is 0.501 e. The average Bonchev–Trinajstić information content (AvgIpc) is 0.877. The Morgan fingerprint density at radius 3 is 1.06 bits per heavy atom. The Bertz CT molecular complexity index is 5990. The van der Waals surface area contributed by atoms with Crippen molar-refractivity contribution in [2.75, 3.05) is 180 Å². The van der Waals surface area contributed by atoms with Crippen LogP contribution in [0.25, 0.3) is 50.2 Å². The van der Waals surface area contributed by atoms with Gasteiger partial charge in [0.15, 0.2) is 11.5 Å². The van der Waals surface area contributed by atoms with Gasteiger partial charge in [-0.2, -0.15) is 0 Å². The van der Waals surface area contributed by atoms with Gasteiger partial charge in [0.25, 0.3) is 0 Å². The summed E-state index contributed by atoms with van der Waals surface area (Å²) in [5, 5.41) is 13.4. The topological polar surface area (TPSA) is 388 Å². The summed E-state index contributed by atoms with van der Waals surface area (Å²) in [6.45, 7) is 21.0. The van der Waals surface area contributed by atoms with Crippen molar-refractivity contribution in [1.82, 2.24) is 75.1 Å². The van der Waals surface area contributed by atoms with Gasteiger partial charge in [-0.25, -0.2) is 54.6 Å². The van der Waals surface area contributed by atoms with E-state index < -0.39 is 6.09 Å². The number of fused-ring (bicyclic) bond motifs is 4. The highest BCUT2D eigenvalue weighted by atomic mass is 16.6. The smallest absolute Gasteiger partial charge is 0.412 e. The second-order valence-electron chi connectivity index (χ2n) is 37.3. The van der Waals surface area contributed by atoms with Gasteiger partial charge in [0.2, 0.25) is 17.8 Å². The number of ether oxygens (including phenoxy) is 14. The molecular weight excluding hydrogens is 1800 g/mol. The van der Waals surface area contributed by atoms with Gasteiger partial charge in [0.05, 0.1) is 170 Å². The number of nitrogens with zero attached hydrogens (tertiary/aromatic N) is 18. The minimum absolute atomic E-state index is 0.0679. The van der Waals surface area contributed by atoms with Crippen molar-refractivity contribution >= 4 is 96.9 Å². The average molecular weight is 1920 g/mol. The minimum Gasteiger partial charge on any atom is -0.501 e. The van der Waals surface area contributed by atoms with Crippen LogP contribution in [0, 0.1) is 5.41 Å². The Balaban J connectivity index is 0.000000120. The van der Waals surface area contributed by atoms with E-state index in [9.17, 15) is 4.79 Å². The monoisotopic (exact) mass is 1920 g/mol. The second kappa shape index (κ2) is 48.2. The molecule has 6 aliphatic heterocycles. The summed E-state index contributed by atoms with van der Waals surface area (Å²) in [7, 11) is 0. The van der Waals surface area contributed by atoms with Crippen molar-refractivity contribution in [3.8, 4) is 40.2 Å². The molecule has 12 aromatic rings. The molecule has 0 unspecified atom stereocenters. The number of carbonyl (C=O) groups excluding carboxylic acids is 1. The van der Waals surface area contributed by atoms with Crippen LogP contribution in [0.5, 0.6) is 40.2 Å². The molecule has 37 nitrogen and oxygen atoms in total. The van der Waals surface area contributed by atoms with E-state index in [-0.39, 0.29) is 42.0 Å². The molecule has 4 aliphatic carbocycles. The van der Waals surface area contributed by atoms with Crippen molar-refractivity contribution in [3.05, 3.63) is 177 Å². The van der Waals surface area contributed by atoms with Crippen LogP contribution >= 0.6 is 0 Å². The van der Waals surface area contributed by atoms with Gasteiger partial charge >= 0.3 is 6.09 Å². The number of aromatic nitrogens is 14. The van der Waals surface area contributed by atoms with Crippen LogP contribution in [0.3, 0.4) is 0 Å². The number of nitrogens with one attached hydrogen (secondary N) is 4. The molecule has 5 aromatic carbocycles. The van der Waals surface area contributed by atoms with Crippen LogP contribution in [0.15, 0.2) is 172 Å². The number of hydrogen-bond donors (Lipinski definition) is 4. The lowest BCUT2D eigenvalue weighted by Crippen LogP contribution is -2.44. The van der Waals surface area contributed by atoms with Gasteiger partial charge in [-0.15, -0.1) is 0 Å². The van der Waals surface area contributed by atoms with E-state index in [4.69, 9.17) is 66.3 Å². The molecule has 37 heteroatoms. The number of hydrogen-bond acceptors (Lipinski definition) is 36. The summed E-state index contributed by atoms with van der Waals surface area (Å²) >= 11 is 0. The van der Waals surface area contributed by atoms with Gasteiger partial charge in [0, 0.05) is 203 Å². The van der Waals surface area contributed by atoms with Crippen LogP contribution in [-0.2, 0) is 33.2 Å². The highest BCUT2D eigenvalue weighted by Crippen LogP contribution is 2.40. The van der Waals surface area contributed by atoms with E-state index >= 15 is 0 Å². The lowest BCUT2D eigenvalue weighted by molar-refractivity contribution is -0.120. The summed E-state index contributed by atoms with van der Waals surface area (Å²) in [4.78, 5) is 84.5. The van der Waals surface area contributed by atoms with E-state index in [0.29, 0.717) is 73.0 Å². The molecule has 742 valence electrons. The zero-order chi connectivity index (χ0) is 95.6. The molecular formula is C104H126N22O15. The van der Waals surface area contributed by atoms with E-state index in [0.717, 1.165) is 330 Å². The number of carbonyl (C=O) groups is 1. The molecule has 13 heterocycles. The Morgan fingerprint density at radius 1 is 0.369 bits per heavy atom. The maximum Gasteiger partial charge on any atom is 0.412 e. The predicted molar refractivity (Wildman–Crippen MR) is 534 cm³/mol. The molecule has 10 fully saturated rings. The summed E-state index contributed by atoms with van der Waals surface area (Å²) in [6, 6.07) is 26.9. The third-order valence-corrected chi connectivity index (χ3v) is 26.9. The van der Waals surface area contributed by atoms with Crippen LogP contribution < -0.4 is 74.0 Å². The Morgan fingerprint density at radius 2 is 0.716 bits per heavy atom. The zero-order valence-corrected chi connectivity index (χ0v) is 80.2. The molecule has 0 bridgehead atoms. The lowest BCUT2D eigenvalue weighted by atomic mass is 9.90. The van der Waals surface area contributed by atoms with Crippen LogP contribution in [0.4, 0.5) is 45.4 Å². The third-order valence-electron chi connectivity index (χ3n) is 26.9. The molecule has 6 saturated heterocycles. The van der Waals surface area contributed by atoms with Crippen molar-refractivity contribution in [3.63, 3.8) is 0 Å². The highest BCUT2D eigenvalue weighted by molar-refractivity contribution is 5.88. The van der Waals surface area contributed by atoms with Gasteiger partial charge in [-0.3, -0.25) is 19.9 Å². The summed E-state index contributed by atoms with van der Waals surface area (Å²) in [5.41, 5.74) is 12.1. The number of anilines is 7. The molecule has 4 saturated carbocycles.